The molecule has 1 N–H and O–H groups in total. The van der Waals surface area contributed by atoms with Crippen molar-refractivity contribution in [2.45, 2.75) is 24.8 Å². The van der Waals surface area contributed by atoms with Crippen LogP contribution >= 0.6 is 11.6 Å². The van der Waals surface area contributed by atoms with Crippen LogP contribution in [-0.4, -0.2) is 15.0 Å². The first kappa shape index (κ1) is 17.7. The molecule has 0 spiro atoms. The first-order valence-electron chi connectivity index (χ1n) is 7.03. The first-order valence-corrected chi connectivity index (χ1v) is 8.89. The van der Waals surface area contributed by atoms with E-state index < -0.39 is 21.9 Å². The van der Waals surface area contributed by atoms with Crippen molar-refractivity contribution >= 4 is 21.6 Å². The van der Waals surface area contributed by atoms with Crippen molar-refractivity contribution in [3.63, 3.8) is 0 Å². The van der Waals surface area contributed by atoms with Gasteiger partial charge in [0, 0.05) is 6.04 Å². The molecule has 2 aromatic carbocycles. The number of hydrogen-bond acceptors (Lipinski definition) is 3. The predicted molar refractivity (Wildman–Crippen MR) is 87.8 cm³/mol. The summed E-state index contributed by atoms with van der Waals surface area (Å²) in [5, 5.41) is -0.235. The van der Waals surface area contributed by atoms with Crippen molar-refractivity contribution in [3.8, 4) is 5.75 Å². The lowest BCUT2D eigenvalue weighted by molar-refractivity contribution is 0.340. The average Bonchev–Trinajstić information content (AvgIpc) is 2.50. The second-order valence-electron chi connectivity index (χ2n) is 4.92. The highest BCUT2D eigenvalue weighted by atomic mass is 35.5. The normalized spacial score (nSPS) is 12.9. The molecule has 23 heavy (non-hydrogen) atoms. The Morgan fingerprint density at radius 2 is 1.87 bits per heavy atom. The fraction of sp³-hybridized carbons (Fsp3) is 0.250. The maximum atomic E-state index is 13.2. The molecule has 0 bridgehead atoms. The number of halogens is 2. The van der Waals surface area contributed by atoms with E-state index >= 15 is 0 Å². The number of ether oxygens (including phenoxy) is 1. The van der Waals surface area contributed by atoms with Crippen LogP contribution < -0.4 is 9.46 Å². The fourth-order valence-electron chi connectivity index (χ4n) is 2.03. The van der Waals surface area contributed by atoms with E-state index in [1.165, 1.54) is 6.07 Å². The van der Waals surface area contributed by atoms with Gasteiger partial charge in [0.1, 0.15) is 11.6 Å². The third-order valence-corrected chi connectivity index (χ3v) is 5.05. The summed E-state index contributed by atoms with van der Waals surface area (Å²) in [4.78, 5) is -0.0818. The monoisotopic (exact) mass is 357 g/mol. The number of sulfonamides is 1. The zero-order valence-electron chi connectivity index (χ0n) is 12.7. The van der Waals surface area contributed by atoms with Gasteiger partial charge in [-0.3, -0.25) is 0 Å². The summed E-state index contributed by atoms with van der Waals surface area (Å²) in [6, 6.07) is 9.96. The van der Waals surface area contributed by atoms with Crippen molar-refractivity contribution in [1.29, 1.82) is 0 Å². The molecular formula is C16H17ClFNO3S. The maximum Gasteiger partial charge on any atom is 0.241 e. The Hall–Kier alpha value is -1.63. The molecule has 0 heterocycles. The molecule has 0 aliphatic rings. The van der Waals surface area contributed by atoms with Crippen LogP contribution in [0, 0.1) is 5.82 Å². The smallest absolute Gasteiger partial charge is 0.241 e. The van der Waals surface area contributed by atoms with Crippen molar-refractivity contribution < 1.29 is 17.5 Å². The molecular weight excluding hydrogens is 341 g/mol. The Bertz CT molecular complexity index is 778. The zero-order valence-corrected chi connectivity index (χ0v) is 14.3. The molecule has 0 amide bonds. The van der Waals surface area contributed by atoms with E-state index in [1.807, 2.05) is 6.92 Å². The van der Waals surface area contributed by atoms with E-state index in [9.17, 15) is 12.8 Å². The van der Waals surface area contributed by atoms with Crippen LogP contribution in [0.25, 0.3) is 0 Å². The standard InChI is InChI=1S/C16H17ClFNO3S/c1-3-22-13-6-4-12(5-7-13)11(2)19-23(20,21)14-8-9-16(18)15(17)10-14/h4-11,19H,3H2,1-2H3. The van der Waals surface area contributed by atoms with Crippen LogP contribution in [0.3, 0.4) is 0 Å². The summed E-state index contributed by atoms with van der Waals surface area (Å²) in [5.41, 5.74) is 0.783. The highest BCUT2D eigenvalue weighted by molar-refractivity contribution is 7.89. The van der Waals surface area contributed by atoms with Crippen LogP contribution in [0.2, 0.25) is 5.02 Å². The van der Waals surface area contributed by atoms with Crippen molar-refractivity contribution in [1.82, 2.24) is 4.72 Å². The van der Waals surface area contributed by atoms with Crippen LogP contribution in [0.5, 0.6) is 5.75 Å². The van der Waals surface area contributed by atoms with Crippen LogP contribution in [-0.2, 0) is 10.0 Å². The molecule has 0 saturated heterocycles. The lowest BCUT2D eigenvalue weighted by Crippen LogP contribution is -2.26. The third-order valence-electron chi connectivity index (χ3n) is 3.22. The van der Waals surface area contributed by atoms with Gasteiger partial charge in [-0.15, -0.1) is 0 Å². The minimum Gasteiger partial charge on any atom is -0.494 e. The molecule has 0 radical (unpaired) electrons. The molecule has 0 aromatic heterocycles. The summed E-state index contributed by atoms with van der Waals surface area (Å²) in [5.74, 6) is 0.0572. The zero-order chi connectivity index (χ0) is 17.0. The van der Waals surface area contributed by atoms with Crippen molar-refractivity contribution in [2.24, 2.45) is 0 Å². The van der Waals surface area contributed by atoms with E-state index in [1.54, 1.807) is 31.2 Å². The molecule has 0 aliphatic carbocycles. The molecule has 124 valence electrons. The molecule has 4 nitrogen and oxygen atoms in total. The average molecular weight is 358 g/mol. The summed E-state index contributed by atoms with van der Waals surface area (Å²) in [6.45, 7) is 4.17. The van der Waals surface area contributed by atoms with Gasteiger partial charge in [0.05, 0.1) is 16.5 Å². The van der Waals surface area contributed by atoms with Gasteiger partial charge in [-0.25, -0.2) is 17.5 Å². The first-order chi connectivity index (χ1) is 10.8. The molecule has 7 heteroatoms. The Morgan fingerprint density at radius 3 is 2.43 bits per heavy atom. The molecule has 2 aromatic rings. The third kappa shape index (κ3) is 4.43. The summed E-state index contributed by atoms with van der Waals surface area (Å²) < 4.78 is 45.7. The van der Waals surface area contributed by atoms with Crippen LogP contribution in [0.15, 0.2) is 47.4 Å². The minimum atomic E-state index is -3.80. The van der Waals surface area contributed by atoms with E-state index in [0.29, 0.717) is 6.61 Å². The quantitative estimate of drug-likeness (QED) is 0.852. The summed E-state index contributed by atoms with van der Waals surface area (Å²) >= 11 is 5.64. The fourth-order valence-corrected chi connectivity index (χ4v) is 3.54. The highest BCUT2D eigenvalue weighted by Crippen LogP contribution is 2.22. The van der Waals surface area contributed by atoms with Crippen molar-refractivity contribution in [3.05, 3.63) is 58.9 Å². The molecule has 0 fully saturated rings. The SMILES string of the molecule is CCOc1ccc(C(C)NS(=O)(=O)c2ccc(F)c(Cl)c2)cc1. The lowest BCUT2D eigenvalue weighted by atomic mass is 10.1. The van der Waals surface area contributed by atoms with E-state index in [2.05, 4.69) is 4.72 Å². The number of hydrogen-bond donors (Lipinski definition) is 1. The Balaban J connectivity index is 2.17. The van der Waals surface area contributed by atoms with Crippen LogP contribution in [0.1, 0.15) is 25.5 Å². The number of rotatable bonds is 6. The topological polar surface area (TPSA) is 55.4 Å². The Kier molecular flexibility index (Phi) is 5.62. The summed E-state index contributed by atoms with van der Waals surface area (Å²) in [7, 11) is -3.80. The number of nitrogens with one attached hydrogen (secondary N) is 1. The number of benzene rings is 2. The van der Waals surface area contributed by atoms with Gasteiger partial charge in [0.15, 0.2) is 0 Å². The van der Waals surface area contributed by atoms with Crippen LogP contribution in [0.4, 0.5) is 4.39 Å². The Morgan fingerprint density at radius 1 is 1.22 bits per heavy atom. The largest absolute Gasteiger partial charge is 0.494 e. The Labute approximate surface area is 140 Å². The molecule has 0 aliphatic heterocycles. The van der Waals surface area contributed by atoms with E-state index in [4.69, 9.17) is 16.3 Å². The maximum absolute atomic E-state index is 13.2. The van der Waals surface area contributed by atoms with Gasteiger partial charge in [0.2, 0.25) is 10.0 Å². The van der Waals surface area contributed by atoms with Gasteiger partial charge >= 0.3 is 0 Å². The van der Waals surface area contributed by atoms with Crippen molar-refractivity contribution in [2.75, 3.05) is 6.61 Å². The van der Waals surface area contributed by atoms with E-state index in [0.717, 1.165) is 23.4 Å². The van der Waals surface area contributed by atoms with Gasteiger partial charge in [-0.05, 0) is 49.7 Å². The summed E-state index contributed by atoms with van der Waals surface area (Å²) in [6.07, 6.45) is 0. The molecule has 0 saturated carbocycles. The minimum absolute atomic E-state index is 0.0818. The molecule has 1 unspecified atom stereocenters. The molecule has 1 atom stereocenters. The second-order valence-corrected chi connectivity index (χ2v) is 7.04. The highest BCUT2D eigenvalue weighted by Gasteiger charge is 2.19. The van der Waals surface area contributed by atoms with Gasteiger partial charge < -0.3 is 4.74 Å². The molecule has 2 rings (SSSR count). The lowest BCUT2D eigenvalue weighted by Gasteiger charge is -2.15. The van der Waals surface area contributed by atoms with E-state index in [-0.39, 0.29) is 9.92 Å². The van der Waals surface area contributed by atoms with Gasteiger partial charge in [0.25, 0.3) is 0 Å². The van der Waals surface area contributed by atoms with Gasteiger partial charge in [-0.1, -0.05) is 23.7 Å². The second kappa shape index (κ2) is 7.29. The van der Waals surface area contributed by atoms with Gasteiger partial charge in [-0.2, -0.15) is 0 Å². The predicted octanol–water partition coefficient (Wildman–Crippen LogP) is 3.92.